The third-order valence-electron chi connectivity index (χ3n) is 6.61. The number of sulfonamides is 1. The SMILES string of the molecule is CCCS(=O)(=O)N(CCOC)C[C@H]1CCC2=C1[C@@H](C)C1=CNN(c3ccc(F)cc3)C1=C2. The fraction of sp³-hybridized carbons (Fsp3) is 0.500. The minimum atomic E-state index is -3.30. The molecule has 1 heterocycles. The van der Waals surface area contributed by atoms with Crippen molar-refractivity contribution in [3.8, 4) is 0 Å². The summed E-state index contributed by atoms with van der Waals surface area (Å²) in [7, 11) is -1.70. The number of ether oxygens (including phenoxy) is 1. The minimum absolute atomic E-state index is 0.163. The van der Waals surface area contributed by atoms with Gasteiger partial charge in [-0.25, -0.2) is 12.8 Å². The Morgan fingerprint density at radius 3 is 2.72 bits per heavy atom. The summed E-state index contributed by atoms with van der Waals surface area (Å²) >= 11 is 0. The Morgan fingerprint density at radius 1 is 1.28 bits per heavy atom. The molecule has 174 valence electrons. The second-order valence-electron chi connectivity index (χ2n) is 8.67. The normalized spacial score (nSPS) is 22.6. The summed E-state index contributed by atoms with van der Waals surface area (Å²) in [5, 5.41) is 1.99. The molecule has 4 rings (SSSR count). The molecule has 0 radical (unpaired) electrons. The molecule has 2 aliphatic carbocycles. The van der Waals surface area contributed by atoms with Crippen LogP contribution >= 0.6 is 0 Å². The molecule has 0 amide bonds. The van der Waals surface area contributed by atoms with Crippen molar-refractivity contribution >= 4 is 15.7 Å². The van der Waals surface area contributed by atoms with Crippen LogP contribution in [-0.4, -0.2) is 45.3 Å². The van der Waals surface area contributed by atoms with Gasteiger partial charge >= 0.3 is 0 Å². The van der Waals surface area contributed by atoms with E-state index in [9.17, 15) is 12.8 Å². The summed E-state index contributed by atoms with van der Waals surface area (Å²) in [5.41, 5.74) is 9.09. The molecule has 0 saturated carbocycles. The van der Waals surface area contributed by atoms with Gasteiger partial charge in [0, 0.05) is 37.9 Å². The van der Waals surface area contributed by atoms with Gasteiger partial charge in [-0.05, 0) is 61.1 Å². The first-order valence-corrected chi connectivity index (χ1v) is 12.9. The molecule has 0 unspecified atom stereocenters. The van der Waals surface area contributed by atoms with E-state index >= 15 is 0 Å². The van der Waals surface area contributed by atoms with Crippen LogP contribution < -0.4 is 10.4 Å². The van der Waals surface area contributed by atoms with Crippen LogP contribution in [0, 0.1) is 17.7 Å². The highest BCUT2D eigenvalue weighted by molar-refractivity contribution is 7.89. The standard InChI is InChI=1S/C24H32FN3O3S/c1-4-13-32(29,30)27(11-12-31-3)16-19-6-5-18-14-23-22(17(2)24(18)19)15-26-28(23)21-9-7-20(25)8-10-21/h7-10,14-15,17,19,26H,4-6,11-13,16H2,1-3H3/t17-,19+/m0/s1. The van der Waals surface area contributed by atoms with Gasteiger partial charge in [0.1, 0.15) is 5.82 Å². The molecule has 8 heteroatoms. The lowest BCUT2D eigenvalue weighted by molar-refractivity contribution is 0.175. The van der Waals surface area contributed by atoms with Crippen molar-refractivity contribution in [1.29, 1.82) is 0 Å². The average Bonchev–Trinajstić information content (AvgIpc) is 3.36. The van der Waals surface area contributed by atoms with E-state index in [-0.39, 0.29) is 23.4 Å². The van der Waals surface area contributed by atoms with Crippen molar-refractivity contribution in [3.05, 3.63) is 64.8 Å². The zero-order chi connectivity index (χ0) is 22.9. The monoisotopic (exact) mass is 461 g/mol. The van der Waals surface area contributed by atoms with Crippen molar-refractivity contribution in [2.45, 2.75) is 33.1 Å². The zero-order valence-electron chi connectivity index (χ0n) is 19.0. The molecule has 2 atom stereocenters. The van der Waals surface area contributed by atoms with E-state index < -0.39 is 10.0 Å². The van der Waals surface area contributed by atoms with Gasteiger partial charge in [0.05, 0.1) is 23.7 Å². The molecule has 1 aliphatic heterocycles. The number of hydrogen-bond donors (Lipinski definition) is 1. The Hall–Kier alpha value is -2.16. The second kappa shape index (κ2) is 9.37. The zero-order valence-corrected chi connectivity index (χ0v) is 19.8. The number of methoxy groups -OCH3 is 1. The highest BCUT2D eigenvalue weighted by Gasteiger charge is 2.39. The number of rotatable bonds is 9. The van der Waals surface area contributed by atoms with Gasteiger partial charge in [0.2, 0.25) is 10.0 Å². The van der Waals surface area contributed by atoms with E-state index in [2.05, 4.69) is 18.4 Å². The summed E-state index contributed by atoms with van der Waals surface area (Å²) in [6.07, 6.45) is 6.70. The Kier molecular flexibility index (Phi) is 6.74. The number of allylic oxidation sites excluding steroid dienone is 3. The van der Waals surface area contributed by atoms with Gasteiger partial charge in [-0.1, -0.05) is 19.4 Å². The number of hydrazine groups is 1. The van der Waals surface area contributed by atoms with Crippen molar-refractivity contribution in [1.82, 2.24) is 9.73 Å². The maximum absolute atomic E-state index is 13.4. The van der Waals surface area contributed by atoms with E-state index in [4.69, 9.17) is 4.74 Å². The molecule has 3 aliphatic rings. The quantitative estimate of drug-likeness (QED) is 0.603. The molecule has 0 fully saturated rings. The maximum atomic E-state index is 13.4. The topological polar surface area (TPSA) is 61.9 Å². The molecule has 0 bridgehead atoms. The highest BCUT2D eigenvalue weighted by Crippen LogP contribution is 2.48. The predicted octanol–water partition coefficient (Wildman–Crippen LogP) is 3.96. The lowest BCUT2D eigenvalue weighted by Crippen LogP contribution is -2.39. The molecule has 1 N–H and O–H groups in total. The predicted molar refractivity (Wildman–Crippen MR) is 125 cm³/mol. The van der Waals surface area contributed by atoms with Gasteiger partial charge in [-0.3, -0.25) is 5.01 Å². The largest absolute Gasteiger partial charge is 0.383 e. The summed E-state index contributed by atoms with van der Waals surface area (Å²) < 4.78 is 45.9. The van der Waals surface area contributed by atoms with Crippen molar-refractivity contribution in [3.63, 3.8) is 0 Å². The summed E-state index contributed by atoms with van der Waals surface area (Å²) in [4.78, 5) is 0. The van der Waals surface area contributed by atoms with E-state index in [0.717, 1.165) is 24.2 Å². The Balaban J connectivity index is 1.59. The van der Waals surface area contributed by atoms with Gasteiger partial charge < -0.3 is 10.2 Å². The lowest BCUT2D eigenvalue weighted by Gasteiger charge is -2.32. The third-order valence-corrected chi connectivity index (χ3v) is 8.65. The number of fused-ring (bicyclic) bond motifs is 1. The Bertz CT molecular complexity index is 1050. The smallest absolute Gasteiger partial charge is 0.214 e. The molecule has 0 aromatic heterocycles. The van der Waals surface area contributed by atoms with Crippen LogP contribution in [0.3, 0.4) is 0 Å². The molecular formula is C24H32FN3O3S. The summed E-state index contributed by atoms with van der Waals surface area (Å²) in [5.74, 6) is 0.291. The number of nitrogens with one attached hydrogen (secondary N) is 1. The fourth-order valence-corrected chi connectivity index (χ4v) is 6.61. The fourth-order valence-electron chi connectivity index (χ4n) is 5.08. The Morgan fingerprint density at radius 2 is 2.03 bits per heavy atom. The first-order valence-electron chi connectivity index (χ1n) is 11.3. The second-order valence-corrected chi connectivity index (χ2v) is 10.8. The minimum Gasteiger partial charge on any atom is -0.383 e. The summed E-state index contributed by atoms with van der Waals surface area (Å²) in [6, 6.07) is 6.45. The summed E-state index contributed by atoms with van der Waals surface area (Å²) in [6.45, 7) is 5.37. The number of benzene rings is 1. The van der Waals surface area contributed by atoms with Crippen molar-refractivity contribution in [2.24, 2.45) is 11.8 Å². The molecule has 1 aromatic carbocycles. The van der Waals surface area contributed by atoms with Crippen LogP contribution in [-0.2, 0) is 14.8 Å². The average molecular weight is 462 g/mol. The van der Waals surface area contributed by atoms with E-state index in [1.807, 2.05) is 18.1 Å². The molecule has 0 saturated heterocycles. The maximum Gasteiger partial charge on any atom is 0.214 e. The Labute approximate surface area is 190 Å². The van der Waals surface area contributed by atoms with Crippen LogP contribution in [0.25, 0.3) is 0 Å². The van der Waals surface area contributed by atoms with Gasteiger partial charge in [0.25, 0.3) is 0 Å². The van der Waals surface area contributed by atoms with Crippen molar-refractivity contribution in [2.75, 3.05) is 37.6 Å². The number of halogens is 1. The molecule has 1 aromatic rings. The molecule has 6 nitrogen and oxygen atoms in total. The van der Waals surface area contributed by atoms with E-state index in [1.54, 1.807) is 23.5 Å². The molecule has 0 spiro atoms. The first-order chi connectivity index (χ1) is 15.4. The molecular weight excluding hydrogens is 429 g/mol. The van der Waals surface area contributed by atoms with E-state index in [1.165, 1.54) is 28.9 Å². The van der Waals surface area contributed by atoms with Crippen molar-refractivity contribution < 1.29 is 17.5 Å². The van der Waals surface area contributed by atoms with Crippen LogP contribution in [0.4, 0.5) is 10.1 Å². The van der Waals surface area contributed by atoms with Crippen LogP contribution in [0.15, 0.2) is 59.0 Å². The lowest BCUT2D eigenvalue weighted by atomic mass is 9.80. The number of nitrogens with zero attached hydrogens (tertiary/aromatic N) is 2. The number of anilines is 1. The van der Waals surface area contributed by atoms with Crippen LogP contribution in [0.2, 0.25) is 0 Å². The molecule has 32 heavy (non-hydrogen) atoms. The number of hydrogen-bond acceptors (Lipinski definition) is 5. The van der Waals surface area contributed by atoms with Crippen LogP contribution in [0.1, 0.15) is 33.1 Å². The first kappa shape index (κ1) is 23.0. The van der Waals surface area contributed by atoms with Crippen LogP contribution in [0.5, 0.6) is 0 Å². The highest BCUT2D eigenvalue weighted by atomic mass is 32.2. The van der Waals surface area contributed by atoms with E-state index in [0.29, 0.717) is 26.1 Å². The third kappa shape index (κ3) is 4.36. The van der Waals surface area contributed by atoms with Gasteiger partial charge in [0.15, 0.2) is 0 Å². The van der Waals surface area contributed by atoms with Gasteiger partial charge in [-0.2, -0.15) is 4.31 Å². The van der Waals surface area contributed by atoms with Gasteiger partial charge in [-0.15, -0.1) is 0 Å².